The average Bonchev–Trinajstić information content (AvgIpc) is 3.03. The summed E-state index contributed by atoms with van der Waals surface area (Å²) in [6.45, 7) is 0. The molecule has 2 saturated carbocycles. The number of hydrogen-bond acceptors (Lipinski definition) is 4. The highest BCUT2D eigenvalue weighted by Crippen LogP contribution is 2.37. The fourth-order valence-electron chi connectivity index (χ4n) is 4.01. The highest BCUT2D eigenvalue weighted by atomic mass is 16.5. The van der Waals surface area contributed by atoms with Gasteiger partial charge in [0.25, 0.3) is 0 Å². The van der Waals surface area contributed by atoms with Gasteiger partial charge >= 0.3 is 0 Å². The number of rotatable bonds is 4. The van der Waals surface area contributed by atoms with Crippen LogP contribution in [-0.4, -0.2) is 17.1 Å². The molecule has 3 rings (SSSR count). The van der Waals surface area contributed by atoms with Crippen molar-refractivity contribution in [3.63, 3.8) is 0 Å². The Bertz CT molecular complexity index is 465. The standard InChI is InChI=1S/C17H27N3O/c1-21-16(13-9-3-2-4-10-13)17-19-14(11-15(18)20-17)12-7-5-6-8-12/h11-13,16H,2-10H2,1H3,(H2,18,19,20). The summed E-state index contributed by atoms with van der Waals surface area (Å²) in [6.07, 6.45) is 11.5. The topological polar surface area (TPSA) is 61.0 Å². The summed E-state index contributed by atoms with van der Waals surface area (Å²) >= 11 is 0. The van der Waals surface area contributed by atoms with Gasteiger partial charge in [-0.3, -0.25) is 0 Å². The number of ether oxygens (including phenoxy) is 1. The predicted molar refractivity (Wildman–Crippen MR) is 84.0 cm³/mol. The molecule has 0 saturated heterocycles. The summed E-state index contributed by atoms with van der Waals surface area (Å²) in [5, 5.41) is 0. The van der Waals surface area contributed by atoms with E-state index in [9.17, 15) is 0 Å². The maximum absolute atomic E-state index is 6.04. The lowest BCUT2D eigenvalue weighted by atomic mass is 9.85. The Morgan fingerprint density at radius 3 is 2.38 bits per heavy atom. The van der Waals surface area contributed by atoms with Gasteiger partial charge in [0.2, 0.25) is 0 Å². The fourth-order valence-corrected chi connectivity index (χ4v) is 4.01. The van der Waals surface area contributed by atoms with Crippen molar-refractivity contribution in [2.75, 3.05) is 12.8 Å². The summed E-state index contributed by atoms with van der Waals surface area (Å²) < 4.78 is 5.77. The van der Waals surface area contributed by atoms with E-state index in [-0.39, 0.29) is 6.10 Å². The molecule has 0 aliphatic heterocycles. The quantitative estimate of drug-likeness (QED) is 0.910. The summed E-state index contributed by atoms with van der Waals surface area (Å²) in [6, 6.07) is 1.97. The molecule has 2 fully saturated rings. The molecule has 1 atom stereocenters. The van der Waals surface area contributed by atoms with E-state index in [1.54, 1.807) is 7.11 Å². The van der Waals surface area contributed by atoms with E-state index in [0.717, 1.165) is 11.5 Å². The molecule has 21 heavy (non-hydrogen) atoms. The Hall–Kier alpha value is -1.16. The van der Waals surface area contributed by atoms with Crippen molar-refractivity contribution >= 4 is 5.82 Å². The first-order valence-corrected chi connectivity index (χ1v) is 8.45. The lowest BCUT2D eigenvalue weighted by molar-refractivity contribution is 0.0288. The van der Waals surface area contributed by atoms with Crippen LogP contribution in [0.3, 0.4) is 0 Å². The van der Waals surface area contributed by atoms with Crippen molar-refractivity contribution in [1.82, 2.24) is 9.97 Å². The van der Waals surface area contributed by atoms with Crippen LogP contribution in [0.25, 0.3) is 0 Å². The average molecular weight is 289 g/mol. The van der Waals surface area contributed by atoms with Crippen molar-refractivity contribution in [1.29, 1.82) is 0 Å². The molecule has 2 N–H and O–H groups in total. The van der Waals surface area contributed by atoms with Crippen LogP contribution in [0.15, 0.2) is 6.07 Å². The molecule has 0 aromatic carbocycles. The zero-order valence-electron chi connectivity index (χ0n) is 13.1. The van der Waals surface area contributed by atoms with Crippen LogP contribution in [0.1, 0.15) is 81.3 Å². The summed E-state index contributed by atoms with van der Waals surface area (Å²) in [5.41, 5.74) is 7.17. The number of nitrogens with zero attached hydrogens (tertiary/aromatic N) is 2. The molecule has 2 aliphatic rings. The second-order valence-corrected chi connectivity index (χ2v) is 6.61. The van der Waals surface area contributed by atoms with Crippen molar-refractivity contribution in [2.24, 2.45) is 5.92 Å². The van der Waals surface area contributed by atoms with Gasteiger partial charge in [-0.25, -0.2) is 9.97 Å². The van der Waals surface area contributed by atoms with Gasteiger partial charge in [0, 0.05) is 24.8 Å². The molecular weight excluding hydrogens is 262 g/mol. The summed E-state index contributed by atoms with van der Waals surface area (Å²) in [4.78, 5) is 9.34. The maximum Gasteiger partial charge on any atom is 0.160 e. The molecule has 1 unspecified atom stereocenters. The van der Waals surface area contributed by atoms with Gasteiger partial charge in [0.15, 0.2) is 5.82 Å². The molecular formula is C17H27N3O. The number of methoxy groups -OCH3 is 1. The molecule has 1 aromatic rings. The van der Waals surface area contributed by atoms with Gasteiger partial charge in [-0.2, -0.15) is 0 Å². The van der Waals surface area contributed by atoms with Gasteiger partial charge in [0.05, 0.1) is 0 Å². The molecule has 2 aliphatic carbocycles. The normalized spacial score (nSPS) is 22.5. The van der Waals surface area contributed by atoms with E-state index >= 15 is 0 Å². The smallest absolute Gasteiger partial charge is 0.160 e. The Kier molecular flexibility index (Phi) is 4.73. The van der Waals surface area contributed by atoms with Gasteiger partial charge in [-0.05, 0) is 31.6 Å². The van der Waals surface area contributed by atoms with Crippen LogP contribution in [0.2, 0.25) is 0 Å². The predicted octanol–water partition coefficient (Wildman–Crippen LogP) is 3.98. The third-order valence-electron chi connectivity index (χ3n) is 5.14. The van der Waals surface area contributed by atoms with Crippen LogP contribution in [0.5, 0.6) is 0 Å². The number of nitrogen functional groups attached to an aromatic ring is 1. The van der Waals surface area contributed by atoms with Gasteiger partial charge in [-0.15, -0.1) is 0 Å². The van der Waals surface area contributed by atoms with Crippen LogP contribution in [-0.2, 0) is 4.74 Å². The second-order valence-electron chi connectivity index (χ2n) is 6.61. The SMILES string of the molecule is COC(c1nc(N)cc(C2CCCC2)n1)C1CCCCC1. The van der Waals surface area contributed by atoms with Crippen LogP contribution < -0.4 is 5.73 Å². The molecule has 1 heterocycles. The highest BCUT2D eigenvalue weighted by molar-refractivity contribution is 5.32. The first-order chi connectivity index (χ1) is 10.3. The zero-order valence-corrected chi connectivity index (χ0v) is 13.1. The van der Waals surface area contributed by atoms with Crippen molar-refractivity contribution in [2.45, 2.75) is 69.8 Å². The van der Waals surface area contributed by atoms with E-state index in [1.807, 2.05) is 6.07 Å². The van der Waals surface area contributed by atoms with Gasteiger partial charge < -0.3 is 10.5 Å². The van der Waals surface area contributed by atoms with Crippen LogP contribution >= 0.6 is 0 Å². The molecule has 0 radical (unpaired) electrons. The molecule has 1 aromatic heterocycles. The highest BCUT2D eigenvalue weighted by Gasteiger charge is 2.28. The third-order valence-corrected chi connectivity index (χ3v) is 5.14. The fraction of sp³-hybridized carbons (Fsp3) is 0.765. The molecule has 0 bridgehead atoms. The monoisotopic (exact) mass is 289 g/mol. The third kappa shape index (κ3) is 3.37. The maximum atomic E-state index is 6.04. The first-order valence-electron chi connectivity index (χ1n) is 8.45. The first kappa shape index (κ1) is 14.8. The Labute approximate surface area is 127 Å². The van der Waals surface area contributed by atoms with E-state index < -0.39 is 0 Å². The lowest BCUT2D eigenvalue weighted by Gasteiger charge is -2.28. The van der Waals surface area contributed by atoms with E-state index in [4.69, 9.17) is 15.5 Å². The Balaban J connectivity index is 1.84. The van der Waals surface area contributed by atoms with E-state index in [2.05, 4.69) is 4.98 Å². The molecule has 4 heteroatoms. The van der Waals surface area contributed by atoms with Crippen molar-refractivity contribution in [3.05, 3.63) is 17.6 Å². The summed E-state index contributed by atoms with van der Waals surface area (Å²) in [5.74, 6) is 2.52. The lowest BCUT2D eigenvalue weighted by Crippen LogP contribution is -2.21. The van der Waals surface area contributed by atoms with Crippen LogP contribution in [0.4, 0.5) is 5.82 Å². The molecule has 4 nitrogen and oxygen atoms in total. The second kappa shape index (κ2) is 6.73. The molecule has 0 amide bonds. The number of nitrogens with two attached hydrogens (primary N) is 1. The van der Waals surface area contributed by atoms with Crippen LogP contribution in [0, 0.1) is 5.92 Å². The van der Waals surface area contributed by atoms with Gasteiger partial charge in [-0.1, -0.05) is 32.1 Å². The zero-order chi connectivity index (χ0) is 14.7. The molecule has 0 spiro atoms. The van der Waals surface area contributed by atoms with Crippen molar-refractivity contribution < 1.29 is 4.74 Å². The van der Waals surface area contributed by atoms with Gasteiger partial charge in [0.1, 0.15) is 11.9 Å². The van der Waals surface area contributed by atoms with E-state index in [1.165, 1.54) is 57.8 Å². The number of hydrogen-bond donors (Lipinski definition) is 1. The minimum absolute atomic E-state index is 0.00829. The number of anilines is 1. The molecule has 116 valence electrons. The Morgan fingerprint density at radius 1 is 1.05 bits per heavy atom. The van der Waals surface area contributed by atoms with Crippen molar-refractivity contribution in [3.8, 4) is 0 Å². The number of aromatic nitrogens is 2. The minimum atomic E-state index is 0.00829. The Morgan fingerprint density at radius 2 is 1.71 bits per heavy atom. The largest absolute Gasteiger partial charge is 0.384 e. The minimum Gasteiger partial charge on any atom is -0.384 e. The summed E-state index contributed by atoms with van der Waals surface area (Å²) in [7, 11) is 1.78. The van der Waals surface area contributed by atoms with E-state index in [0.29, 0.717) is 17.7 Å².